The average Bonchev–Trinajstić information content (AvgIpc) is 2.64. The summed E-state index contributed by atoms with van der Waals surface area (Å²) in [5, 5.41) is 2.94. The van der Waals surface area contributed by atoms with Crippen LogP contribution in [0, 0.1) is 5.82 Å². The molecule has 0 spiro atoms. The first-order valence-corrected chi connectivity index (χ1v) is 10.7. The van der Waals surface area contributed by atoms with Gasteiger partial charge in [-0.15, -0.1) is 0 Å². The third-order valence-electron chi connectivity index (χ3n) is 4.19. The molecule has 2 aromatic rings. The number of rotatable bonds is 8. The first kappa shape index (κ1) is 20.9. The fraction of sp³-hybridized carbons (Fsp3) is 0.350. The number of hydrogen-bond acceptors (Lipinski definition) is 4. The van der Waals surface area contributed by atoms with Crippen molar-refractivity contribution >= 4 is 15.7 Å². The van der Waals surface area contributed by atoms with Crippen molar-refractivity contribution in [3.8, 4) is 5.75 Å². The second-order valence-electron chi connectivity index (χ2n) is 6.28. The normalized spacial score (nSPS) is 13.6. The van der Waals surface area contributed by atoms with E-state index >= 15 is 0 Å². The van der Waals surface area contributed by atoms with E-state index in [4.69, 9.17) is 4.74 Å². The molecule has 2 rings (SSSR count). The van der Waals surface area contributed by atoms with Gasteiger partial charge in [0.25, 0.3) is 5.91 Å². The lowest BCUT2D eigenvalue weighted by Gasteiger charge is -2.22. The molecular weight excluding hydrogens is 369 g/mol. The maximum absolute atomic E-state index is 13.0. The number of nitrogens with one attached hydrogen (secondary N) is 1. The molecule has 27 heavy (non-hydrogen) atoms. The Balaban J connectivity index is 2.09. The first-order chi connectivity index (χ1) is 12.7. The van der Waals surface area contributed by atoms with Gasteiger partial charge in [-0.25, -0.2) is 12.8 Å². The number of carbonyl (C=O) groups is 1. The third kappa shape index (κ3) is 5.79. The van der Waals surface area contributed by atoms with Crippen LogP contribution in [0.15, 0.2) is 53.4 Å². The zero-order valence-electron chi connectivity index (χ0n) is 15.6. The Kier molecular flexibility index (Phi) is 6.96. The van der Waals surface area contributed by atoms with Gasteiger partial charge in [-0.1, -0.05) is 26.0 Å². The minimum Gasteiger partial charge on any atom is -0.481 e. The van der Waals surface area contributed by atoms with E-state index in [1.807, 2.05) is 13.8 Å². The van der Waals surface area contributed by atoms with Gasteiger partial charge in [-0.3, -0.25) is 4.79 Å². The number of amides is 1. The number of carbonyl (C=O) groups excluding carboxylic acids is 1. The topological polar surface area (TPSA) is 72.5 Å². The Hall–Kier alpha value is -2.41. The number of ether oxygens (including phenoxy) is 1. The molecule has 0 saturated heterocycles. The van der Waals surface area contributed by atoms with Gasteiger partial charge < -0.3 is 10.1 Å². The zero-order valence-corrected chi connectivity index (χ0v) is 16.4. The minimum absolute atomic E-state index is 0.235. The van der Waals surface area contributed by atoms with Crippen molar-refractivity contribution in [1.29, 1.82) is 0 Å². The van der Waals surface area contributed by atoms with Crippen LogP contribution in [0.25, 0.3) is 0 Å². The Bertz CT molecular complexity index is 864. The summed E-state index contributed by atoms with van der Waals surface area (Å²) in [4.78, 5) is 12.8. The molecular formula is C20H24FNO4S. The van der Waals surface area contributed by atoms with Crippen LogP contribution in [0.3, 0.4) is 0 Å². The molecule has 1 amide bonds. The highest BCUT2D eigenvalue weighted by Gasteiger charge is 2.22. The molecule has 2 aromatic carbocycles. The van der Waals surface area contributed by atoms with Crippen molar-refractivity contribution in [2.75, 3.05) is 6.26 Å². The van der Waals surface area contributed by atoms with E-state index in [2.05, 4.69) is 5.32 Å². The lowest BCUT2D eigenvalue weighted by molar-refractivity contribution is -0.128. The summed E-state index contributed by atoms with van der Waals surface area (Å²) >= 11 is 0. The Morgan fingerprint density at radius 1 is 1.04 bits per heavy atom. The van der Waals surface area contributed by atoms with Crippen molar-refractivity contribution in [1.82, 2.24) is 5.32 Å². The second-order valence-corrected chi connectivity index (χ2v) is 8.30. The number of benzene rings is 2. The van der Waals surface area contributed by atoms with Crippen LogP contribution >= 0.6 is 0 Å². The highest BCUT2D eigenvalue weighted by atomic mass is 32.2. The van der Waals surface area contributed by atoms with Gasteiger partial charge in [-0.05, 0) is 54.8 Å². The van der Waals surface area contributed by atoms with E-state index in [9.17, 15) is 17.6 Å². The number of hydrogen-bond donors (Lipinski definition) is 1. The van der Waals surface area contributed by atoms with Crippen LogP contribution in [0.4, 0.5) is 4.39 Å². The highest BCUT2D eigenvalue weighted by molar-refractivity contribution is 7.90. The molecule has 0 aromatic heterocycles. The van der Waals surface area contributed by atoms with Crippen molar-refractivity contribution < 1.29 is 22.3 Å². The molecule has 0 aliphatic heterocycles. The summed E-state index contributed by atoms with van der Waals surface area (Å²) in [7, 11) is -3.26. The summed E-state index contributed by atoms with van der Waals surface area (Å²) in [6.07, 6.45) is 1.53. The van der Waals surface area contributed by atoms with E-state index in [1.165, 1.54) is 36.4 Å². The summed E-state index contributed by atoms with van der Waals surface area (Å²) in [6, 6.07) is 11.7. The maximum Gasteiger partial charge on any atom is 0.261 e. The van der Waals surface area contributed by atoms with Crippen LogP contribution in [-0.4, -0.2) is 26.7 Å². The molecule has 7 heteroatoms. The summed E-state index contributed by atoms with van der Waals surface area (Å²) in [5.74, 6) is -0.228. The SMILES string of the molecule is CC[C@H](NC(=O)[C@@H](CC)Oc1ccc(F)cc1)c1ccc(S(C)(=O)=O)cc1. The van der Waals surface area contributed by atoms with E-state index in [-0.39, 0.29) is 22.7 Å². The lowest BCUT2D eigenvalue weighted by Crippen LogP contribution is -2.39. The monoisotopic (exact) mass is 393 g/mol. The Labute approximate surface area is 159 Å². The van der Waals surface area contributed by atoms with E-state index in [1.54, 1.807) is 12.1 Å². The van der Waals surface area contributed by atoms with Gasteiger partial charge in [0, 0.05) is 6.26 Å². The van der Waals surface area contributed by atoms with E-state index < -0.39 is 15.9 Å². The summed E-state index contributed by atoms with van der Waals surface area (Å²) in [6.45, 7) is 3.76. The van der Waals surface area contributed by atoms with Gasteiger partial charge in [0.2, 0.25) is 0 Å². The van der Waals surface area contributed by atoms with E-state index in [0.29, 0.717) is 18.6 Å². The van der Waals surface area contributed by atoms with Gasteiger partial charge in [0.15, 0.2) is 15.9 Å². The van der Waals surface area contributed by atoms with Crippen molar-refractivity contribution in [3.63, 3.8) is 0 Å². The largest absolute Gasteiger partial charge is 0.481 e. The predicted molar refractivity (Wildman–Crippen MR) is 102 cm³/mol. The van der Waals surface area contributed by atoms with Gasteiger partial charge in [0.1, 0.15) is 11.6 Å². The summed E-state index contributed by atoms with van der Waals surface area (Å²) in [5.41, 5.74) is 0.815. The quantitative estimate of drug-likeness (QED) is 0.743. The molecule has 0 heterocycles. The lowest BCUT2D eigenvalue weighted by atomic mass is 10.0. The Morgan fingerprint density at radius 2 is 1.63 bits per heavy atom. The average molecular weight is 393 g/mol. The van der Waals surface area contributed by atoms with Crippen LogP contribution in [-0.2, 0) is 14.6 Å². The number of halogens is 1. The van der Waals surface area contributed by atoms with E-state index in [0.717, 1.165) is 11.8 Å². The molecule has 0 fully saturated rings. The second kappa shape index (κ2) is 8.99. The molecule has 0 radical (unpaired) electrons. The minimum atomic E-state index is -3.26. The van der Waals surface area contributed by atoms with Crippen molar-refractivity contribution in [2.24, 2.45) is 0 Å². The Morgan fingerprint density at radius 3 is 2.11 bits per heavy atom. The van der Waals surface area contributed by atoms with Crippen molar-refractivity contribution in [3.05, 3.63) is 59.9 Å². The van der Waals surface area contributed by atoms with Crippen LogP contribution in [0.2, 0.25) is 0 Å². The zero-order chi connectivity index (χ0) is 20.0. The molecule has 0 unspecified atom stereocenters. The first-order valence-electron chi connectivity index (χ1n) is 8.77. The fourth-order valence-electron chi connectivity index (χ4n) is 2.63. The molecule has 0 saturated carbocycles. The van der Waals surface area contributed by atoms with Gasteiger partial charge >= 0.3 is 0 Å². The summed E-state index contributed by atoms with van der Waals surface area (Å²) < 4.78 is 41.8. The molecule has 0 bridgehead atoms. The van der Waals surface area contributed by atoms with Crippen LogP contribution in [0.1, 0.15) is 38.3 Å². The van der Waals surface area contributed by atoms with Gasteiger partial charge in [0.05, 0.1) is 10.9 Å². The van der Waals surface area contributed by atoms with Gasteiger partial charge in [-0.2, -0.15) is 0 Å². The van der Waals surface area contributed by atoms with Crippen LogP contribution in [0.5, 0.6) is 5.75 Å². The molecule has 2 atom stereocenters. The molecule has 5 nitrogen and oxygen atoms in total. The maximum atomic E-state index is 13.0. The fourth-order valence-corrected chi connectivity index (χ4v) is 3.26. The number of sulfone groups is 1. The predicted octanol–water partition coefficient (Wildman–Crippen LogP) is 3.65. The molecule has 1 N–H and O–H groups in total. The molecule has 0 aliphatic carbocycles. The molecule has 146 valence electrons. The smallest absolute Gasteiger partial charge is 0.261 e. The van der Waals surface area contributed by atoms with Crippen LogP contribution < -0.4 is 10.1 Å². The standard InChI is InChI=1S/C20H24FNO4S/c1-4-18(14-6-12-17(13-7-14)27(3,24)25)22-20(23)19(5-2)26-16-10-8-15(21)9-11-16/h6-13,18-19H,4-5H2,1-3H3,(H,22,23)/t18-,19+/m0/s1. The molecule has 0 aliphatic rings. The third-order valence-corrected chi connectivity index (χ3v) is 5.32. The van der Waals surface area contributed by atoms with Crippen molar-refractivity contribution in [2.45, 2.75) is 43.7 Å². The highest BCUT2D eigenvalue weighted by Crippen LogP contribution is 2.20.